The Morgan fingerprint density at radius 2 is 2.22 bits per heavy atom. The van der Waals surface area contributed by atoms with Gasteiger partial charge in [0.25, 0.3) is 0 Å². The molecule has 94 valence electrons. The second-order valence-corrected chi connectivity index (χ2v) is 6.48. The summed E-state index contributed by atoms with van der Waals surface area (Å²) in [5.74, 6) is -0.253. The maximum absolute atomic E-state index is 13.4. The molecule has 3 rings (SSSR count). The smallest absolute Gasteiger partial charge is 0.125 e. The monoisotopic (exact) mass is 326 g/mol. The topological polar surface area (TPSA) is 38.9 Å². The molecule has 0 saturated carbocycles. The number of hydrogen-bond donors (Lipinski definition) is 1. The van der Waals surface area contributed by atoms with E-state index in [0.29, 0.717) is 0 Å². The molecule has 0 fully saturated rings. The first-order valence-electron chi connectivity index (χ1n) is 5.85. The van der Waals surface area contributed by atoms with Crippen LogP contribution in [0.3, 0.4) is 0 Å². The van der Waals surface area contributed by atoms with E-state index in [4.69, 9.17) is 5.73 Å². The molecule has 0 aliphatic heterocycles. The summed E-state index contributed by atoms with van der Waals surface area (Å²) in [6.07, 6.45) is 3.14. The van der Waals surface area contributed by atoms with E-state index in [1.54, 1.807) is 11.3 Å². The molecule has 5 heteroatoms. The van der Waals surface area contributed by atoms with Crippen molar-refractivity contribution >= 4 is 27.3 Å². The lowest BCUT2D eigenvalue weighted by Gasteiger charge is -2.15. The van der Waals surface area contributed by atoms with Crippen LogP contribution >= 0.6 is 27.3 Å². The fourth-order valence-corrected chi connectivity index (χ4v) is 3.88. The molecule has 1 heterocycles. The van der Waals surface area contributed by atoms with Gasteiger partial charge in [0.05, 0.1) is 5.69 Å². The number of thiazole rings is 1. The number of fused-ring (bicyclic) bond motifs is 1. The minimum atomic E-state index is -0.253. The number of benzene rings is 1. The zero-order valence-corrected chi connectivity index (χ0v) is 12.0. The zero-order valence-electron chi connectivity index (χ0n) is 9.62. The average molecular weight is 327 g/mol. The first kappa shape index (κ1) is 12.3. The van der Waals surface area contributed by atoms with Crippen LogP contribution in [0.25, 0.3) is 10.6 Å². The molecule has 1 aromatic carbocycles. The second kappa shape index (κ2) is 4.72. The molecule has 0 spiro atoms. The van der Waals surface area contributed by atoms with Gasteiger partial charge in [-0.3, -0.25) is 0 Å². The first-order valence-corrected chi connectivity index (χ1v) is 7.46. The SMILES string of the molecule is NC1CCCc2sc(-c3cc(F)cc(Br)c3)nc21. The minimum absolute atomic E-state index is 0.0377. The number of nitrogens with two attached hydrogens (primary N) is 1. The molecular weight excluding hydrogens is 315 g/mol. The molecule has 0 saturated heterocycles. The highest BCUT2D eigenvalue weighted by Gasteiger charge is 2.22. The molecular formula is C13H12BrFN2S. The molecule has 0 radical (unpaired) electrons. The molecule has 1 unspecified atom stereocenters. The molecule has 0 bridgehead atoms. The third-order valence-electron chi connectivity index (χ3n) is 3.11. The van der Waals surface area contributed by atoms with Crippen molar-refractivity contribution in [1.82, 2.24) is 4.98 Å². The van der Waals surface area contributed by atoms with Gasteiger partial charge in [-0.15, -0.1) is 11.3 Å². The van der Waals surface area contributed by atoms with E-state index in [9.17, 15) is 4.39 Å². The van der Waals surface area contributed by atoms with E-state index >= 15 is 0 Å². The maximum Gasteiger partial charge on any atom is 0.125 e. The summed E-state index contributed by atoms with van der Waals surface area (Å²) >= 11 is 4.94. The Balaban J connectivity index is 2.07. The Bertz CT molecular complexity index is 576. The predicted octanol–water partition coefficient (Wildman–Crippen LogP) is 4.05. The van der Waals surface area contributed by atoms with Gasteiger partial charge in [-0.1, -0.05) is 15.9 Å². The highest BCUT2D eigenvalue weighted by atomic mass is 79.9. The average Bonchev–Trinajstić information content (AvgIpc) is 2.73. The Kier molecular flexibility index (Phi) is 3.21. The van der Waals surface area contributed by atoms with E-state index < -0.39 is 0 Å². The van der Waals surface area contributed by atoms with Gasteiger partial charge in [0, 0.05) is 21.0 Å². The van der Waals surface area contributed by atoms with E-state index in [0.717, 1.165) is 40.0 Å². The molecule has 1 atom stereocenters. The molecule has 2 nitrogen and oxygen atoms in total. The van der Waals surface area contributed by atoms with E-state index in [-0.39, 0.29) is 11.9 Å². The van der Waals surface area contributed by atoms with Gasteiger partial charge in [0.15, 0.2) is 0 Å². The van der Waals surface area contributed by atoms with Gasteiger partial charge < -0.3 is 5.73 Å². The molecule has 0 amide bonds. The van der Waals surface area contributed by atoms with Crippen molar-refractivity contribution < 1.29 is 4.39 Å². The number of hydrogen-bond acceptors (Lipinski definition) is 3. The fraction of sp³-hybridized carbons (Fsp3) is 0.308. The van der Waals surface area contributed by atoms with Crippen molar-refractivity contribution in [3.63, 3.8) is 0 Å². The maximum atomic E-state index is 13.4. The molecule has 2 N–H and O–H groups in total. The highest BCUT2D eigenvalue weighted by molar-refractivity contribution is 9.10. The van der Waals surface area contributed by atoms with Crippen molar-refractivity contribution in [3.05, 3.63) is 39.1 Å². The van der Waals surface area contributed by atoms with E-state index in [1.165, 1.54) is 17.0 Å². The third kappa shape index (κ3) is 2.22. The number of aromatic nitrogens is 1. The van der Waals surface area contributed by atoms with E-state index in [2.05, 4.69) is 20.9 Å². The summed E-state index contributed by atoms with van der Waals surface area (Å²) in [6.45, 7) is 0. The third-order valence-corrected chi connectivity index (χ3v) is 4.75. The first-order chi connectivity index (χ1) is 8.63. The minimum Gasteiger partial charge on any atom is -0.323 e. The summed E-state index contributed by atoms with van der Waals surface area (Å²) in [5, 5.41) is 0.859. The lowest BCUT2D eigenvalue weighted by molar-refractivity contribution is 0.564. The largest absolute Gasteiger partial charge is 0.323 e. The zero-order chi connectivity index (χ0) is 12.7. The van der Waals surface area contributed by atoms with Crippen molar-refractivity contribution in [1.29, 1.82) is 0 Å². The summed E-state index contributed by atoms with van der Waals surface area (Å²) < 4.78 is 14.1. The van der Waals surface area contributed by atoms with Gasteiger partial charge in [0.2, 0.25) is 0 Å². The predicted molar refractivity (Wildman–Crippen MR) is 75.1 cm³/mol. The Labute approximate surface area is 117 Å². The van der Waals surface area contributed by atoms with Crippen LogP contribution in [0.1, 0.15) is 29.5 Å². The van der Waals surface area contributed by atoms with Crippen LogP contribution in [0, 0.1) is 5.82 Å². The van der Waals surface area contributed by atoms with Crippen molar-refractivity contribution in [2.24, 2.45) is 5.73 Å². The highest BCUT2D eigenvalue weighted by Crippen LogP contribution is 2.36. The molecule has 1 aliphatic carbocycles. The summed E-state index contributed by atoms with van der Waals surface area (Å²) in [4.78, 5) is 5.84. The van der Waals surface area contributed by atoms with Gasteiger partial charge in [-0.25, -0.2) is 9.37 Å². The second-order valence-electron chi connectivity index (χ2n) is 4.48. The summed E-state index contributed by atoms with van der Waals surface area (Å²) in [6, 6.07) is 4.89. The number of aryl methyl sites for hydroxylation is 1. The van der Waals surface area contributed by atoms with E-state index in [1.807, 2.05) is 6.07 Å². The van der Waals surface area contributed by atoms with Crippen LogP contribution in [0.2, 0.25) is 0 Å². The van der Waals surface area contributed by atoms with Gasteiger partial charge in [-0.2, -0.15) is 0 Å². The molecule has 18 heavy (non-hydrogen) atoms. The Morgan fingerprint density at radius 1 is 1.39 bits per heavy atom. The normalized spacial score (nSPS) is 18.7. The van der Waals surface area contributed by atoms with Crippen molar-refractivity contribution in [3.8, 4) is 10.6 Å². The van der Waals surface area contributed by atoms with Crippen molar-refractivity contribution in [2.45, 2.75) is 25.3 Å². The standard InChI is InChI=1S/C13H12BrFN2S/c14-8-4-7(5-9(15)6-8)13-17-12-10(16)2-1-3-11(12)18-13/h4-6,10H,1-3,16H2. The molecule has 1 aromatic heterocycles. The van der Waals surface area contributed by atoms with Crippen LogP contribution in [0.15, 0.2) is 22.7 Å². The Hall–Kier alpha value is -0.780. The summed E-state index contributed by atoms with van der Waals surface area (Å²) in [7, 11) is 0. The lowest BCUT2D eigenvalue weighted by Crippen LogP contribution is -2.16. The Morgan fingerprint density at radius 3 is 2.94 bits per heavy atom. The van der Waals surface area contributed by atoms with Crippen LogP contribution in [-0.2, 0) is 6.42 Å². The van der Waals surface area contributed by atoms with Crippen LogP contribution < -0.4 is 5.73 Å². The molecule has 2 aromatic rings. The van der Waals surface area contributed by atoms with Gasteiger partial charge in [0.1, 0.15) is 10.8 Å². The van der Waals surface area contributed by atoms with Gasteiger partial charge >= 0.3 is 0 Å². The van der Waals surface area contributed by atoms with Crippen LogP contribution in [-0.4, -0.2) is 4.98 Å². The lowest BCUT2D eigenvalue weighted by atomic mass is 9.99. The van der Waals surface area contributed by atoms with Crippen LogP contribution in [0.5, 0.6) is 0 Å². The quantitative estimate of drug-likeness (QED) is 0.858. The van der Waals surface area contributed by atoms with Crippen LogP contribution in [0.4, 0.5) is 4.39 Å². The number of nitrogens with zero attached hydrogens (tertiary/aromatic N) is 1. The number of halogens is 2. The number of rotatable bonds is 1. The molecule has 1 aliphatic rings. The van der Waals surface area contributed by atoms with Crippen molar-refractivity contribution in [2.75, 3.05) is 0 Å². The van der Waals surface area contributed by atoms with Gasteiger partial charge in [-0.05, 0) is 37.5 Å². The summed E-state index contributed by atoms with van der Waals surface area (Å²) in [5.41, 5.74) is 7.87. The fourth-order valence-electron chi connectivity index (χ4n) is 2.25.